The highest BCUT2D eigenvalue weighted by atomic mass is 32.2. The molecule has 1 aromatic rings. The summed E-state index contributed by atoms with van der Waals surface area (Å²) in [6, 6.07) is 6.46. The zero-order valence-electron chi connectivity index (χ0n) is 12.6. The summed E-state index contributed by atoms with van der Waals surface area (Å²) in [4.78, 5) is 14.1. The van der Waals surface area contributed by atoms with Crippen molar-refractivity contribution in [2.75, 3.05) is 29.4 Å². The fourth-order valence-corrected chi connectivity index (χ4v) is 3.14. The minimum absolute atomic E-state index is 0.0612. The monoisotopic (exact) mass is 326 g/mol. The second kappa shape index (κ2) is 6.97. The van der Waals surface area contributed by atoms with Crippen molar-refractivity contribution in [1.82, 2.24) is 4.90 Å². The average Bonchev–Trinajstić information content (AvgIpc) is 2.45. The number of piperidine rings is 1. The van der Waals surface area contributed by atoms with Gasteiger partial charge in [0.05, 0.1) is 11.9 Å². The molecule has 0 unspecified atom stereocenters. The van der Waals surface area contributed by atoms with Crippen LogP contribution in [0.5, 0.6) is 0 Å². The van der Waals surface area contributed by atoms with Crippen molar-refractivity contribution >= 4 is 27.4 Å². The van der Waals surface area contributed by atoms with Gasteiger partial charge in [-0.05, 0) is 37.5 Å². The molecule has 0 bridgehead atoms. The molecule has 1 fully saturated rings. The van der Waals surface area contributed by atoms with Gasteiger partial charge in [-0.3, -0.25) is 4.72 Å². The lowest BCUT2D eigenvalue weighted by molar-refractivity contribution is 0.166. The molecule has 0 spiro atoms. The van der Waals surface area contributed by atoms with Gasteiger partial charge in [0.15, 0.2) is 0 Å². The van der Waals surface area contributed by atoms with E-state index in [1.165, 1.54) is 0 Å². The van der Waals surface area contributed by atoms with Gasteiger partial charge < -0.3 is 16.0 Å². The van der Waals surface area contributed by atoms with E-state index in [0.29, 0.717) is 24.5 Å². The Labute approximate surface area is 130 Å². The van der Waals surface area contributed by atoms with E-state index in [1.807, 2.05) is 0 Å². The molecular weight excluding hydrogens is 304 g/mol. The van der Waals surface area contributed by atoms with E-state index in [-0.39, 0.29) is 12.1 Å². The molecule has 0 aromatic heterocycles. The first-order valence-corrected chi connectivity index (χ1v) is 9.14. The van der Waals surface area contributed by atoms with Gasteiger partial charge in [-0.25, -0.2) is 13.2 Å². The third-order valence-corrected chi connectivity index (χ3v) is 4.18. The molecule has 2 amide bonds. The van der Waals surface area contributed by atoms with Gasteiger partial charge >= 0.3 is 6.03 Å². The largest absolute Gasteiger partial charge is 0.328 e. The van der Waals surface area contributed by atoms with Crippen molar-refractivity contribution in [2.24, 2.45) is 5.73 Å². The lowest BCUT2D eigenvalue weighted by atomic mass is 10.0. The molecule has 0 radical (unpaired) electrons. The quantitative estimate of drug-likeness (QED) is 0.778. The normalized spacial score (nSPS) is 18.8. The van der Waals surface area contributed by atoms with Crippen molar-refractivity contribution in [3.05, 3.63) is 24.3 Å². The van der Waals surface area contributed by atoms with E-state index in [0.717, 1.165) is 25.5 Å². The Morgan fingerprint density at radius 3 is 2.77 bits per heavy atom. The minimum Gasteiger partial charge on any atom is -0.328 e. The van der Waals surface area contributed by atoms with Crippen molar-refractivity contribution in [2.45, 2.75) is 25.3 Å². The highest BCUT2D eigenvalue weighted by Crippen LogP contribution is 2.20. The number of carbonyl (C=O) groups excluding carboxylic acids is 1. The number of sulfonamides is 1. The highest BCUT2D eigenvalue weighted by molar-refractivity contribution is 7.92. The maximum absolute atomic E-state index is 12.4. The number of amides is 2. The topological polar surface area (TPSA) is 105 Å². The Bertz CT molecular complexity index is 633. The molecule has 22 heavy (non-hydrogen) atoms. The van der Waals surface area contributed by atoms with Crippen molar-refractivity contribution in [3.8, 4) is 0 Å². The van der Waals surface area contributed by atoms with Crippen LogP contribution in [0, 0.1) is 0 Å². The Morgan fingerprint density at radius 1 is 1.36 bits per heavy atom. The van der Waals surface area contributed by atoms with Crippen LogP contribution >= 0.6 is 0 Å². The number of nitrogens with two attached hydrogens (primary N) is 1. The van der Waals surface area contributed by atoms with Crippen molar-refractivity contribution in [3.63, 3.8) is 0 Å². The summed E-state index contributed by atoms with van der Waals surface area (Å²) in [5.41, 5.74) is 6.67. The molecule has 2 rings (SSSR count). The van der Waals surface area contributed by atoms with Crippen molar-refractivity contribution in [1.29, 1.82) is 0 Å². The standard InChI is InChI=1S/C14H22N4O3S/c1-22(20,21)17-12-6-4-5-11(9-12)16-14(19)18-8-3-2-7-13(18)10-15/h4-6,9,13,17H,2-3,7-8,10,15H2,1H3,(H,16,19)/t13-/m1/s1. The predicted octanol–water partition coefficient (Wildman–Crippen LogP) is 1.40. The molecule has 0 saturated carbocycles. The molecular formula is C14H22N4O3S. The van der Waals surface area contributed by atoms with E-state index in [4.69, 9.17) is 5.73 Å². The Kier molecular flexibility index (Phi) is 5.25. The van der Waals surface area contributed by atoms with Crippen LogP contribution in [-0.2, 0) is 10.0 Å². The van der Waals surface area contributed by atoms with E-state index in [1.54, 1.807) is 29.2 Å². The Morgan fingerprint density at radius 2 is 2.09 bits per heavy atom. The molecule has 8 heteroatoms. The zero-order chi connectivity index (χ0) is 16.2. The number of hydrogen-bond donors (Lipinski definition) is 3. The second-order valence-corrected chi connectivity index (χ2v) is 7.21. The van der Waals surface area contributed by atoms with Gasteiger partial charge in [-0.15, -0.1) is 0 Å². The van der Waals surface area contributed by atoms with Crippen molar-refractivity contribution < 1.29 is 13.2 Å². The number of carbonyl (C=O) groups is 1. The number of anilines is 2. The summed E-state index contributed by atoms with van der Waals surface area (Å²) in [6.07, 6.45) is 4.05. The van der Waals surface area contributed by atoms with E-state index in [2.05, 4.69) is 10.0 Å². The number of nitrogens with one attached hydrogen (secondary N) is 2. The summed E-state index contributed by atoms with van der Waals surface area (Å²) >= 11 is 0. The summed E-state index contributed by atoms with van der Waals surface area (Å²) in [5, 5.41) is 2.80. The van der Waals surface area contributed by atoms with Gasteiger partial charge in [0.25, 0.3) is 0 Å². The lowest BCUT2D eigenvalue weighted by Gasteiger charge is -2.35. The third kappa shape index (κ3) is 4.60. The Hall–Kier alpha value is -1.80. The summed E-state index contributed by atoms with van der Waals surface area (Å²) < 4.78 is 24.9. The number of likely N-dealkylation sites (tertiary alicyclic amines) is 1. The van der Waals surface area contributed by atoms with E-state index < -0.39 is 10.0 Å². The van der Waals surface area contributed by atoms with E-state index in [9.17, 15) is 13.2 Å². The van der Waals surface area contributed by atoms with Crippen LogP contribution in [0.2, 0.25) is 0 Å². The molecule has 1 heterocycles. The number of urea groups is 1. The molecule has 122 valence electrons. The zero-order valence-corrected chi connectivity index (χ0v) is 13.4. The number of benzene rings is 1. The molecule has 1 aliphatic heterocycles. The summed E-state index contributed by atoms with van der Waals surface area (Å²) in [6.45, 7) is 1.14. The van der Waals surface area contributed by atoms with Gasteiger partial charge in [0.1, 0.15) is 0 Å². The SMILES string of the molecule is CS(=O)(=O)Nc1cccc(NC(=O)N2CCCC[C@@H]2CN)c1. The summed E-state index contributed by atoms with van der Waals surface area (Å²) in [7, 11) is -3.35. The molecule has 4 N–H and O–H groups in total. The van der Waals surface area contributed by atoms with Gasteiger partial charge in [-0.1, -0.05) is 6.07 Å². The molecule has 1 aromatic carbocycles. The van der Waals surface area contributed by atoms with Crippen LogP contribution in [0.15, 0.2) is 24.3 Å². The smallest absolute Gasteiger partial charge is 0.322 e. The van der Waals surface area contributed by atoms with Crippen LogP contribution in [0.3, 0.4) is 0 Å². The first-order chi connectivity index (χ1) is 10.4. The van der Waals surface area contributed by atoms with Crippen LogP contribution in [0.4, 0.5) is 16.2 Å². The number of hydrogen-bond acceptors (Lipinski definition) is 4. The van der Waals surface area contributed by atoms with Gasteiger partial charge in [0, 0.05) is 24.8 Å². The molecule has 7 nitrogen and oxygen atoms in total. The Balaban J connectivity index is 2.06. The number of rotatable bonds is 4. The van der Waals surface area contributed by atoms with Crippen LogP contribution in [-0.4, -0.2) is 44.7 Å². The van der Waals surface area contributed by atoms with Gasteiger partial charge in [-0.2, -0.15) is 0 Å². The first-order valence-electron chi connectivity index (χ1n) is 7.24. The molecule has 1 saturated heterocycles. The maximum Gasteiger partial charge on any atom is 0.322 e. The van der Waals surface area contributed by atoms with Gasteiger partial charge in [0.2, 0.25) is 10.0 Å². The first kappa shape index (κ1) is 16.6. The van der Waals surface area contributed by atoms with Crippen LogP contribution in [0.1, 0.15) is 19.3 Å². The van der Waals surface area contributed by atoms with Crippen LogP contribution in [0.25, 0.3) is 0 Å². The van der Waals surface area contributed by atoms with E-state index >= 15 is 0 Å². The fraction of sp³-hybridized carbons (Fsp3) is 0.500. The lowest BCUT2D eigenvalue weighted by Crippen LogP contribution is -2.49. The number of nitrogens with zero attached hydrogens (tertiary/aromatic N) is 1. The van der Waals surface area contributed by atoms with Crippen LogP contribution < -0.4 is 15.8 Å². The summed E-state index contributed by atoms with van der Waals surface area (Å²) in [5.74, 6) is 0. The highest BCUT2D eigenvalue weighted by Gasteiger charge is 2.25. The molecule has 0 aliphatic carbocycles. The fourth-order valence-electron chi connectivity index (χ4n) is 2.58. The average molecular weight is 326 g/mol. The molecule has 1 atom stereocenters. The predicted molar refractivity (Wildman–Crippen MR) is 87.3 cm³/mol. The minimum atomic E-state index is -3.35. The third-order valence-electron chi connectivity index (χ3n) is 3.58. The second-order valence-electron chi connectivity index (χ2n) is 5.46. The maximum atomic E-state index is 12.4. The molecule has 1 aliphatic rings.